The second-order valence-electron chi connectivity index (χ2n) is 6.97. The molecule has 0 atom stereocenters. The largest absolute Gasteiger partial charge is 0.496 e. The van der Waals surface area contributed by atoms with Crippen LogP contribution in [0.4, 0.5) is 0 Å². The average molecular weight is 362 g/mol. The van der Waals surface area contributed by atoms with Crippen molar-refractivity contribution in [3.8, 4) is 16.9 Å². The van der Waals surface area contributed by atoms with Crippen molar-refractivity contribution in [3.63, 3.8) is 0 Å². The Morgan fingerprint density at radius 1 is 1.00 bits per heavy atom. The van der Waals surface area contributed by atoms with E-state index in [1.165, 1.54) is 5.56 Å². The van der Waals surface area contributed by atoms with Gasteiger partial charge in [0.2, 0.25) is 0 Å². The number of hydrogen-bond acceptors (Lipinski definition) is 3. The average Bonchev–Trinajstić information content (AvgIpc) is 2.68. The lowest BCUT2D eigenvalue weighted by molar-refractivity contribution is 0.416. The molecule has 0 amide bonds. The molecule has 3 rings (SSSR count). The molecular formula is C23H26N2O2. The summed E-state index contributed by atoms with van der Waals surface area (Å²) in [5.74, 6) is 0.755. The first-order valence-electron chi connectivity index (χ1n) is 9.32. The minimum Gasteiger partial charge on any atom is -0.496 e. The zero-order valence-corrected chi connectivity index (χ0v) is 16.4. The third-order valence-corrected chi connectivity index (χ3v) is 4.76. The van der Waals surface area contributed by atoms with Gasteiger partial charge in [0.25, 0.3) is 5.56 Å². The predicted molar refractivity (Wildman–Crippen MR) is 109 cm³/mol. The maximum absolute atomic E-state index is 13.2. The van der Waals surface area contributed by atoms with Gasteiger partial charge in [-0.05, 0) is 45.2 Å². The number of ether oxygens (including phenoxy) is 1. The first kappa shape index (κ1) is 18.9. The first-order chi connectivity index (χ1) is 13.0. The number of aryl methyl sites for hydroxylation is 2. The number of aromatic nitrogens is 2. The summed E-state index contributed by atoms with van der Waals surface area (Å²) in [4.78, 5) is 13.2. The van der Waals surface area contributed by atoms with E-state index in [1.807, 2.05) is 63.2 Å². The fraction of sp³-hybridized carbons (Fsp3) is 0.304. The predicted octanol–water partition coefficient (Wildman–Crippen LogP) is 4.59. The molecule has 0 spiro atoms. The highest BCUT2D eigenvalue weighted by molar-refractivity contribution is 5.74. The molecule has 0 saturated carbocycles. The summed E-state index contributed by atoms with van der Waals surface area (Å²) in [6, 6.07) is 18.1. The minimum atomic E-state index is -0.0209. The monoisotopic (exact) mass is 362 g/mol. The Labute approximate surface area is 160 Å². The van der Waals surface area contributed by atoms with E-state index < -0.39 is 0 Å². The van der Waals surface area contributed by atoms with Crippen molar-refractivity contribution in [1.82, 2.24) is 9.78 Å². The zero-order valence-electron chi connectivity index (χ0n) is 16.4. The molecular weight excluding hydrogens is 336 g/mol. The quantitative estimate of drug-likeness (QED) is 0.644. The second-order valence-corrected chi connectivity index (χ2v) is 6.97. The van der Waals surface area contributed by atoms with Crippen molar-refractivity contribution >= 4 is 0 Å². The fourth-order valence-electron chi connectivity index (χ4n) is 3.43. The molecule has 0 aliphatic rings. The van der Waals surface area contributed by atoms with Crippen LogP contribution >= 0.6 is 0 Å². The normalized spacial score (nSPS) is 11.0. The Balaban J connectivity index is 2.17. The number of nitrogens with zero attached hydrogens (tertiary/aromatic N) is 2. The van der Waals surface area contributed by atoms with Gasteiger partial charge in [-0.25, -0.2) is 4.68 Å². The van der Waals surface area contributed by atoms with Gasteiger partial charge in [0.05, 0.1) is 18.8 Å². The molecule has 0 saturated heterocycles. The van der Waals surface area contributed by atoms with Crippen molar-refractivity contribution in [2.45, 2.75) is 39.7 Å². The fourth-order valence-corrected chi connectivity index (χ4v) is 3.43. The molecule has 0 unspecified atom stereocenters. The number of para-hydroxylation sites is 1. The highest BCUT2D eigenvalue weighted by Crippen LogP contribution is 2.33. The number of methoxy groups -OCH3 is 1. The van der Waals surface area contributed by atoms with Gasteiger partial charge < -0.3 is 4.74 Å². The maximum atomic E-state index is 13.2. The Morgan fingerprint density at radius 2 is 1.67 bits per heavy atom. The van der Waals surface area contributed by atoms with Crippen LogP contribution in [0.5, 0.6) is 5.75 Å². The Morgan fingerprint density at radius 3 is 2.33 bits per heavy atom. The standard InChI is InChI=1S/C23H26N2O2/c1-16(2)25-23(26)20(15-14-18-10-6-5-7-11-18)22(17(3)24-25)19-12-8-9-13-21(19)27-4/h5-13,16H,14-15H2,1-4H3. The van der Waals surface area contributed by atoms with E-state index in [-0.39, 0.29) is 11.6 Å². The van der Waals surface area contributed by atoms with E-state index in [0.29, 0.717) is 6.42 Å². The molecule has 2 aromatic carbocycles. The number of benzene rings is 2. The lowest BCUT2D eigenvalue weighted by atomic mass is 9.94. The van der Waals surface area contributed by atoms with Crippen molar-refractivity contribution in [1.29, 1.82) is 0 Å². The summed E-state index contributed by atoms with van der Waals surface area (Å²) in [6.45, 7) is 5.93. The molecule has 27 heavy (non-hydrogen) atoms. The molecule has 0 aliphatic heterocycles. The van der Waals surface area contributed by atoms with Crippen molar-refractivity contribution in [2.24, 2.45) is 0 Å². The molecule has 1 aromatic heterocycles. The van der Waals surface area contributed by atoms with Gasteiger partial charge in [0.15, 0.2) is 0 Å². The Hall–Kier alpha value is -2.88. The summed E-state index contributed by atoms with van der Waals surface area (Å²) in [7, 11) is 1.65. The molecule has 1 heterocycles. The van der Waals surface area contributed by atoms with Crippen LogP contribution in [0.2, 0.25) is 0 Å². The highest BCUT2D eigenvalue weighted by Gasteiger charge is 2.20. The topological polar surface area (TPSA) is 44.1 Å². The molecule has 0 radical (unpaired) electrons. The van der Waals surface area contributed by atoms with Crippen LogP contribution in [-0.2, 0) is 12.8 Å². The van der Waals surface area contributed by atoms with Gasteiger partial charge in [0, 0.05) is 16.7 Å². The first-order valence-corrected chi connectivity index (χ1v) is 9.32. The van der Waals surface area contributed by atoms with Crippen LogP contribution in [-0.4, -0.2) is 16.9 Å². The van der Waals surface area contributed by atoms with Gasteiger partial charge >= 0.3 is 0 Å². The van der Waals surface area contributed by atoms with E-state index in [9.17, 15) is 4.79 Å². The Kier molecular flexibility index (Phi) is 5.75. The summed E-state index contributed by atoms with van der Waals surface area (Å²) in [5.41, 5.74) is 4.65. The van der Waals surface area contributed by atoms with Crippen LogP contribution in [0, 0.1) is 6.92 Å². The van der Waals surface area contributed by atoms with Gasteiger partial charge in [-0.1, -0.05) is 48.5 Å². The third-order valence-electron chi connectivity index (χ3n) is 4.76. The third kappa shape index (κ3) is 3.95. The van der Waals surface area contributed by atoms with Crippen LogP contribution in [0.1, 0.15) is 36.7 Å². The van der Waals surface area contributed by atoms with E-state index in [1.54, 1.807) is 11.8 Å². The number of hydrogen-bond donors (Lipinski definition) is 0. The van der Waals surface area contributed by atoms with E-state index >= 15 is 0 Å². The van der Waals surface area contributed by atoms with E-state index in [0.717, 1.165) is 34.6 Å². The number of rotatable bonds is 6. The molecule has 3 aromatic rings. The molecule has 0 fully saturated rings. The lowest BCUT2D eigenvalue weighted by Gasteiger charge is -2.18. The molecule has 0 aliphatic carbocycles. The summed E-state index contributed by atoms with van der Waals surface area (Å²) >= 11 is 0. The van der Waals surface area contributed by atoms with E-state index in [2.05, 4.69) is 17.2 Å². The summed E-state index contributed by atoms with van der Waals surface area (Å²) in [5, 5.41) is 4.59. The van der Waals surface area contributed by atoms with Crippen molar-refractivity contribution < 1.29 is 4.74 Å². The van der Waals surface area contributed by atoms with Crippen LogP contribution in [0.15, 0.2) is 59.4 Å². The molecule has 140 valence electrons. The van der Waals surface area contributed by atoms with Gasteiger partial charge in [-0.2, -0.15) is 5.10 Å². The SMILES string of the molecule is COc1ccccc1-c1c(C)nn(C(C)C)c(=O)c1CCc1ccccc1. The minimum absolute atomic E-state index is 0.0124. The van der Waals surface area contributed by atoms with Crippen molar-refractivity contribution in [3.05, 3.63) is 81.8 Å². The van der Waals surface area contributed by atoms with Crippen LogP contribution < -0.4 is 10.3 Å². The summed E-state index contributed by atoms with van der Waals surface area (Å²) < 4.78 is 7.15. The van der Waals surface area contributed by atoms with Crippen molar-refractivity contribution in [2.75, 3.05) is 7.11 Å². The van der Waals surface area contributed by atoms with E-state index in [4.69, 9.17) is 4.74 Å². The molecule has 0 N–H and O–H groups in total. The van der Waals surface area contributed by atoms with Crippen LogP contribution in [0.3, 0.4) is 0 Å². The molecule has 4 heteroatoms. The smallest absolute Gasteiger partial charge is 0.270 e. The Bertz CT molecular complexity index is 975. The lowest BCUT2D eigenvalue weighted by Crippen LogP contribution is -2.30. The molecule has 0 bridgehead atoms. The maximum Gasteiger partial charge on any atom is 0.270 e. The molecule has 4 nitrogen and oxygen atoms in total. The van der Waals surface area contributed by atoms with Gasteiger partial charge in [0.1, 0.15) is 5.75 Å². The zero-order chi connectivity index (χ0) is 19.4. The van der Waals surface area contributed by atoms with Gasteiger partial charge in [-0.15, -0.1) is 0 Å². The second kappa shape index (κ2) is 8.21. The highest BCUT2D eigenvalue weighted by atomic mass is 16.5. The summed E-state index contributed by atoms with van der Waals surface area (Å²) in [6.07, 6.45) is 1.46. The van der Waals surface area contributed by atoms with Gasteiger partial charge in [-0.3, -0.25) is 4.79 Å². The van der Waals surface area contributed by atoms with Crippen LogP contribution in [0.25, 0.3) is 11.1 Å².